The molecule has 1 unspecified atom stereocenters. The van der Waals surface area contributed by atoms with Crippen molar-refractivity contribution >= 4 is 11.8 Å². The number of likely N-dealkylation sites (tertiary alicyclic amines) is 1. The first-order valence-corrected chi connectivity index (χ1v) is 11.8. The molecular weight excluding hydrogens is 416 g/mol. The first-order valence-electron chi connectivity index (χ1n) is 11.8. The molecule has 2 heterocycles. The largest absolute Gasteiger partial charge is 0.349 e. The van der Waals surface area contributed by atoms with Crippen LogP contribution < -0.4 is 16.1 Å². The highest BCUT2D eigenvalue weighted by Gasteiger charge is 2.27. The summed E-state index contributed by atoms with van der Waals surface area (Å²) in [5, 5.41) is 5.70. The number of hydrogen-bond donors (Lipinski definition) is 2. The molecule has 1 aliphatic heterocycles. The first-order chi connectivity index (χ1) is 16.0. The van der Waals surface area contributed by atoms with Crippen LogP contribution >= 0.6 is 0 Å². The second kappa shape index (κ2) is 10.6. The van der Waals surface area contributed by atoms with Gasteiger partial charge in [-0.15, -0.1) is 6.58 Å². The maximum absolute atomic E-state index is 13.2. The topological polar surface area (TPSA) is 83.4 Å². The molecule has 7 heteroatoms. The van der Waals surface area contributed by atoms with Gasteiger partial charge in [0, 0.05) is 50.7 Å². The lowest BCUT2D eigenvalue weighted by molar-refractivity contribution is 0.0935. The highest BCUT2D eigenvalue weighted by Crippen LogP contribution is 2.29. The Morgan fingerprint density at radius 2 is 1.73 bits per heavy atom. The third-order valence-corrected chi connectivity index (χ3v) is 6.54. The van der Waals surface area contributed by atoms with Gasteiger partial charge in [0.2, 0.25) is 5.43 Å². The van der Waals surface area contributed by atoms with Crippen LogP contribution in [0.25, 0.3) is 0 Å². The van der Waals surface area contributed by atoms with Crippen LogP contribution in [-0.4, -0.2) is 47.0 Å². The van der Waals surface area contributed by atoms with E-state index in [1.165, 1.54) is 5.56 Å². The third kappa shape index (κ3) is 5.60. The average Bonchev–Trinajstić information content (AvgIpc) is 3.51. The van der Waals surface area contributed by atoms with Crippen LogP contribution in [0.4, 0.5) is 0 Å². The summed E-state index contributed by atoms with van der Waals surface area (Å²) in [5.41, 5.74) is 0.757. The van der Waals surface area contributed by atoms with Crippen LogP contribution in [0.5, 0.6) is 0 Å². The van der Waals surface area contributed by atoms with E-state index in [0.29, 0.717) is 0 Å². The van der Waals surface area contributed by atoms with Crippen LogP contribution in [0.1, 0.15) is 64.4 Å². The van der Waals surface area contributed by atoms with Crippen molar-refractivity contribution in [2.75, 3.05) is 19.6 Å². The number of benzene rings is 1. The molecule has 2 N–H and O–H groups in total. The van der Waals surface area contributed by atoms with Crippen molar-refractivity contribution in [3.63, 3.8) is 0 Å². The van der Waals surface area contributed by atoms with Gasteiger partial charge in [-0.3, -0.25) is 19.3 Å². The van der Waals surface area contributed by atoms with Crippen LogP contribution in [-0.2, 0) is 6.54 Å². The molecule has 7 nitrogen and oxygen atoms in total. The zero-order valence-electron chi connectivity index (χ0n) is 19.0. The number of rotatable bonds is 8. The van der Waals surface area contributed by atoms with E-state index in [1.54, 1.807) is 18.5 Å². The predicted molar refractivity (Wildman–Crippen MR) is 128 cm³/mol. The Balaban J connectivity index is 1.50. The highest BCUT2D eigenvalue weighted by molar-refractivity contribution is 5.99. The smallest absolute Gasteiger partial charge is 0.257 e. The van der Waals surface area contributed by atoms with Crippen LogP contribution in [0.3, 0.4) is 0 Å². The van der Waals surface area contributed by atoms with Crippen LogP contribution in [0.2, 0.25) is 0 Å². The molecule has 33 heavy (non-hydrogen) atoms. The molecule has 2 fully saturated rings. The fraction of sp³-hybridized carbons (Fsp3) is 0.423. The van der Waals surface area contributed by atoms with Crippen molar-refractivity contribution in [1.29, 1.82) is 0 Å². The van der Waals surface area contributed by atoms with E-state index < -0.39 is 17.2 Å². The summed E-state index contributed by atoms with van der Waals surface area (Å²) < 4.78 is 1.89. The van der Waals surface area contributed by atoms with Gasteiger partial charge in [-0.05, 0) is 24.8 Å². The number of amides is 2. The lowest BCUT2D eigenvalue weighted by atomic mass is 10.1. The molecule has 2 aromatic rings. The number of hydrogen-bond acceptors (Lipinski definition) is 4. The normalized spacial score (nSPS) is 18.8. The molecule has 0 bridgehead atoms. The Morgan fingerprint density at radius 1 is 1.03 bits per heavy atom. The summed E-state index contributed by atoms with van der Waals surface area (Å²) in [6.07, 6.45) is 9.80. The second-order valence-corrected chi connectivity index (χ2v) is 8.98. The zero-order valence-corrected chi connectivity index (χ0v) is 19.0. The van der Waals surface area contributed by atoms with Crippen LogP contribution in [0.15, 0.2) is 60.2 Å². The van der Waals surface area contributed by atoms with Crippen molar-refractivity contribution in [2.24, 2.45) is 0 Å². The fourth-order valence-corrected chi connectivity index (χ4v) is 4.79. The quantitative estimate of drug-likeness (QED) is 0.609. The highest BCUT2D eigenvalue weighted by atomic mass is 16.2. The number of nitrogens with one attached hydrogen (secondary N) is 2. The molecule has 2 aliphatic rings. The number of nitrogens with zero attached hydrogens (tertiary/aromatic N) is 2. The Bertz CT molecular complexity index is 1060. The Labute approximate surface area is 194 Å². The monoisotopic (exact) mass is 448 g/mol. The number of carbonyl (C=O) groups excluding carboxylic acids is 2. The van der Waals surface area contributed by atoms with Crippen molar-refractivity contribution in [1.82, 2.24) is 20.1 Å². The molecule has 0 radical (unpaired) electrons. The van der Waals surface area contributed by atoms with E-state index in [4.69, 9.17) is 0 Å². The van der Waals surface area contributed by atoms with Crippen molar-refractivity contribution in [2.45, 2.75) is 50.7 Å². The predicted octanol–water partition coefficient (Wildman–Crippen LogP) is 2.88. The molecule has 1 aliphatic carbocycles. The Hall–Kier alpha value is -3.19. The van der Waals surface area contributed by atoms with Gasteiger partial charge < -0.3 is 15.2 Å². The number of pyridine rings is 1. The number of carbonyl (C=O) groups is 2. The molecular formula is C26H32N4O3. The Morgan fingerprint density at radius 3 is 2.42 bits per heavy atom. The maximum Gasteiger partial charge on any atom is 0.257 e. The van der Waals surface area contributed by atoms with Gasteiger partial charge >= 0.3 is 0 Å². The van der Waals surface area contributed by atoms with Gasteiger partial charge in [0.15, 0.2) is 0 Å². The molecule has 1 aromatic heterocycles. The van der Waals surface area contributed by atoms with Gasteiger partial charge in [-0.25, -0.2) is 0 Å². The summed E-state index contributed by atoms with van der Waals surface area (Å²) in [6, 6.07) is 10.4. The maximum atomic E-state index is 13.2. The average molecular weight is 449 g/mol. The lowest BCUT2D eigenvalue weighted by Gasteiger charge is -2.19. The van der Waals surface area contributed by atoms with E-state index in [2.05, 4.69) is 34.2 Å². The summed E-state index contributed by atoms with van der Waals surface area (Å²) in [7, 11) is 0. The van der Waals surface area contributed by atoms with Gasteiger partial charge in [-0.2, -0.15) is 0 Å². The minimum atomic E-state index is -0.526. The number of aromatic nitrogens is 1. The summed E-state index contributed by atoms with van der Waals surface area (Å²) in [5.74, 6) is -0.882. The third-order valence-electron chi connectivity index (χ3n) is 6.54. The summed E-state index contributed by atoms with van der Waals surface area (Å²) >= 11 is 0. The molecule has 1 aromatic carbocycles. The van der Waals surface area contributed by atoms with Crippen molar-refractivity contribution in [3.8, 4) is 0 Å². The standard InChI is InChI=1S/C26H32N4O3/c1-2-13-27-25(32)22-17-30(21-10-6-7-11-21)18-23(24(22)31)26(33)28-20-12-14-29(16-20)15-19-8-4-3-5-9-19/h2-5,8-9,17-18,20-21H,1,6-7,10-16H2,(H,27,32)(H,28,33). The molecule has 1 saturated heterocycles. The van der Waals surface area contributed by atoms with Crippen LogP contribution in [0, 0.1) is 0 Å². The van der Waals surface area contributed by atoms with E-state index in [1.807, 2.05) is 22.8 Å². The SMILES string of the molecule is C=CCNC(=O)c1cn(C2CCCC2)cc(C(=O)NC2CCN(Cc3ccccc3)C2)c1=O. The molecule has 2 amide bonds. The molecule has 4 rings (SSSR count). The molecule has 0 spiro atoms. The Kier molecular flexibility index (Phi) is 7.40. The van der Waals surface area contributed by atoms with Gasteiger partial charge in [0.25, 0.3) is 11.8 Å². The van der Waals surface area contributed by atoms with Gasteiger partial charge in [0.1, 0.15) is 11.1 Å². The van der Waals surface area contributed by atoms with Gasteiger partial charge in [-0.1, -0.05) is 49.2 Å². The molecule has 1 atom stereocenters. The van der Waals surface area contributed by atoms with Gasteiger partial charge in [0.05, 0.1) is 0 Å². The van der Waals surface area contributed by atoms with E-state index >= 15 is 0 Å². The fourth-order valence-electron chi connectivity index (χ4n) is 4.79. The summed E-state index contributed by atoms with van der Waals surface area (Å²) in [4.78, 5) is 41.2. The minimum Gasteiger partial charge on any atom is -0.349 e. The van der Waals surface area contributed by atoms with E-state index in [0.717, 1.165) is 51.7 Å². The van der Waals surface area contributed by atoms with Crippen molar-refractivity contribution in [3.05, 3.63) is 82.3 Å². The van der Waals surface area contributed by atoms with E-state index in [9.17, 15) is 14.4 Å². The second-order valence-electron chi connectivity index (χ2n) is 8.98. The van der Waals surface area contributed by atoms with Crippen molar-refractivity contribution < 1.29 is 9.59 Å². The van der Waals surface area contributed by atoms with E-state index in [-0.39, 0.29) is 29.8 Å². The first kappa shape index (κ1) is 23.0. The molecule has 1 saturated carbocycles. The molecule has 174 valence electrons. The lowest BCUT2D eigenvalue weighted by Crippen LogP contribution is -2.41. The minimum absolute atomic E-state index is 0.00789. The summed E-state index contributed by atoms with van der Waals surface area (Å²) in [6.45, 7) is 6.31. The zero-order chi connectivity index (χ0) is 23.2.